The molecule has 1 aliphatic heterocycles. The summed E-state index contributed by atoms with van der Waals surface area (Å²) in [5.41, 5.74) is -0.327. The third-order valence-electron chi connectivity index (χ3n) is 5.78. The summed E-state index contributed by atoms with van der Waals surface area (Å²) < 4.78 is 16.2. The first kappa shape index (κ1) is 20.6. The molecule has 1 N–H and O–H groups in total. The lowest BCUT2D eigenvalue weighted by molar-refractivity contribution is -0.158. The van der Waals surface area contributed by atoms with E-state index in [2.05, 4.69) is 5.32 Å². The van der Waals surface area contributed by atoms with Gasteiger partial charge in [0.1, 0.15) is 11.2 Å². The number of benzene rings is 2. The van der Waals surface area contributed by atoms with E-state index in [1.807, 2.05) is 0 Å². The standard InChI is InChI=1S/C23H21NO7/c1-5-31-22(28)23(2)10-13-16(24-21(23)27)20(30-4)15-14(19(13)29-3)17(25)11-8-6-7-9-12(11)18(15)26/h6-9H,5,10H2,1-4H3,(H,24,27). The van der Waals surface area contributed by atoms with E-state index in [0.29, 0.717) is 5.56 Å². The molecule has 31 heavy (non-hydrogen) atoms. The van der Waals surface area contributed by atoms with Gasteiger partial charge in [-0.3, -0.25) is 19.2 Å². The number of amides is 1. The van der Waals surface area contributed by atoms with Crippen molar-refractivity contribution >= 4 is 29.1 Å². The highest BCUT2D eigenvalue weighted by Gasteiger charge is 2.50. The van der Waals surface area contributed by atoms with Crippen molar-refractivity contribution < 1.29 is 33.4 Å². The summed E-state index contributed by atoms with van der Waals surface area (Å²) in [6.45, 7) is 3.23. The van der Waals surface area contributed by atoms with Crippen molar-refractivity contribution in [3.05, 3.63) is 52.1 Å². The first-order chi connectivity index (χ1) is 14.8. The molecule has 2 aromatic rings. The van der Waals surface area contributed by atoms with E-state index in [-0.39, 0.29) is 52.5 Å². The molecule has 0 spiro atoms. The number of hydrogen-bond donors (Lipinski definition) is 1. The van der Waals surface area contributed by atoms with Gasteiger partial charge in [-0.1, -0.05) is 24.3 Å². The molecule has 1 aliphatic carbocycles. The van der Waals surface area contributed by atoms with E-state index in [9.17, 15) is 19.2 Å². The van der Waals surface area contributed by atoms with Crippen molar-refractivity contribution in [3.63, 3.8) is 0 Å². The van der Waals surface area contributed by atoms with Crippen molar-refractivity contribution in [3.8, 4) is 11.5 Å². The Balaban J connectivity index is 2.02. The van der Waals surface area contributed by atoms with Crippen molar-refractivity contribution in [1.82, 2.24) is 0 Å². The zero-order valence-electron chi connectivity index (χ0n) is 17.6. The van der Waals surface area contributed by atoms with Gasteiger partial charge in [0.15, 0.2) is 17.3 Å². The van der Waals surface area contributed by atoms with Crippen LogP contribution in [0, 0.1) is 5.41 Å². The minimum atomic E-state index is -1.53. The van der Waals surface area contributed by atoms with Crippen LogP contribution in [0.4, 0.5) is 5.69 Å². The maximum absolute atomic E-state index is 13.4. The van der Waals surface area contributed by atoms with Gasteiger partial charge in [0.2, 0.25) is 5.91 Å². The smallest absolute Gasteiger partial charge is 0.321 e. The minimum Gasteiger partial charge on any atom is -0.496 e. The molecule has 2 aromatic carbocycles. The molecule has 0 radical (unpaired) electrons. The van der Waals surface area contributed by atoms with Crippen LogP contribution in [-0.2, 0) is 20.7 Å². The topological polar surface area (TPSA) is 108 Å². The normalized spacial score (nSPS) is 19.0. The molecule has 8 heteroatoms. The molecule has 0 aromatic heterocycles. The number of fused-ring (bicyclic) bond motifs is 3. The third-order valence-corrected chi connectivity index (χ3v) is 5.78. The van der Waals surface area contributed by atoms with Gasteiger partial charge in [-0.15, -0.1) is 0 Å². The Bertz CT molecular complexity index is 1170. The Morgan fingerprint density at radius 1 is 1.00 bits per heavy atom. The van der Waals surface area contributed by atoms with Crippen LogP contribution in [0.2, 0.25) is 0 Å². The molecular formula is C23H21NO7. The van der Waals surface area contributed by atoms with Crippen LogP contribution in [-0.4, -0.2) is 44.3 Å². The van der Waals surface area contributed by atoms with Crippen molar-refractivity contribution in [2.75, 3.05) is 26.1 Å². The lowest BCUT2D eigenvalue weighted by atomic mass is 9.75. The third kappa shape index (κ3) is 2.74. The van der Waals surface area contributed by atoms with Crippen LogP contribution >= 0.6 is 0 Å². The largest absolute Gasteiger partial charge is 0.496 e. The van der Waals surface area contributed by atoms with Gasteiger partial charge >= 0.3 is 5.97 Å². The van der Waals surface area contributed by atoms with E-state index in [1.54, 1.807) is 31.2 Å². The molecule has 1 atom stereocenters. The van der Waals surface area contributed by atoms with Gasteiger partial charge in [-0.05, 0) is 13.8 Å². The molecule has 4 rings (SSSR count). The number of rotatable bonds is 4. The Morgan fingerprint density at radius 2 is 1.55 bits per heavy atom. The van der Waals surface area contributed by atoms with E-state index in [1.165, 1.54) is 21.1 Å². The zero-order valence-corrected chi connectivity index (χ0v) is 17.6. The van der Waals surface area contributed by atoms with Crippen LogP contribution in [0.5, 0.6) is 11.5 Å². The summed E-state index contributed by atoms with van der Waals surface area (Å²) in [4.78, 5) is 52.2. The summed E-state index contributed by atoms with van der Waals surface area (Å²) in [5, 5.41) is 2.69. The van der Waals surface area contributed by atoms with Crippen LogP contribution in [0.25, 0.3) is 0 Å². The van der Waals surface area contributed by atoms with E-state index in [4.69, 9.17) is 14.2 Å². The first-order valence-corrected chi connectivity index (χ1v) is 9.78. The zero-order chi connectivity index (χ0) is 22.5. The number of ketones is 2. The predicted octanol–water partition coefficient (Wildman–Crippen LogP) is 2.54. The fourth-order valence-electron chi connectivity index (χ4n) is 4.21. The molecule has 0 saturated heterocycles. The number of ether oxygens (including phenoxy) is 3. The fraction of sp³-hybridized carbons (Fsp3) is 0.304. The van der Waals surface area contributed by atoms with Crippen LogP contribution in [0.1, 0.15) is 51.3 Å². The summed E-state index contributed by atoms with van der Waals surface area (Å²) in [5.74, 6) is -1.88. The molecular weight excluding hydrogens is 402 g/mol. The van der Waals surface area contributed by atoms with Crippen LogP contribution < -0.4 is 14.8 Å². The predicted molar refractivity (Wildman–Crippen MR) is 110 cm³/mol. The average molecular weight is 423 g/mol. The summed E-state index contributed by atoms with van der Waals surface area (Å²) in [6, 6.07) is 6.49. The summed E-state index contributed by atoms with van der Waals surface area (Å²) in [7, 11) is 2.73. The second kappa shape index (κ2) is 7.23. The van der Waals surface area contributed by atoms with E-state index in [0.717, 1.165) is 0 Å². The number of nitrogens with one attached hydrogen (secondary N) is 1. The quantitative estimate of drug-likeness (QED) is 0.507. The van der Waals surface area contributed by atoms with Crippen molar-refractivity contribution in [2.24, 2.45) is 5.41 Å². The van der Waals surface area contributed by atoms with Crippen molar-refractivity contribution in [2.45, 2.75) is 20.3 Å². The number of carbonyl (C=O) groups excluding carboxylic acids is 4. The van der Waals surface area contributed by atoms with E-state index >= 15 is 0 Å². The van der Waals surface area contributed by atoms with E-state index < -0.39 is 28.9 Å². The lowest BCUT2D eigenvalue weighted by Crippen LogP contribution is -2.47. The van der Waals surface area contributed by atoms with Crippen LogP contribution in [0.15, 0.2) is 24.3 Å². The van der Waals surface area contributed by atoms with Gasteiger partial charge in [-0.2, -0.15) is 0 Å². The SMILES string of the molecule is CCOC(=O)C1(C)Cc2c(c(OC)c3c(c2OC)C(=O)c2ccccc2C3=O)NC1=O. The number of methoxy groups -OCH3 is 2. The molecule has 0 bridgehead atoms. The van der Waals surface area contributed by atoms with Crippen molar-refractivity contribution in [1.29, 1.82) is 0 Å². The lowest BCUT2D eigenvalue weighted by Gasteiger charge is -2.35. The fourth-order valence-corrected chi connectivity index (χ4v) is 4.21. The maximum atomic E-state index is 13.4. The molecule has 8 nitrogen and oxygen atoms in total. The second-order valence-corrected chi connectivity index (χ2v) is 7.56. The number of anilines is 1. The number of esters is 1. The molecule has 2 aliphatic rings. The van der Waals surface area contributed by atoms with Gasteiger partial charge in [-0.25, -0.2) is 0 Å². The first-order valence-electron chi connectivity index (χ1n) is 9.78. The molecule has 160 valence electrons. The second-order valence-electron chi connectivity index (χ2n) is 7.56. The monoisotopic (exact) mass is 423 g/mol. The van der Waals surface area contributed by atoms with Gasteiger partial charge < -0.3 is 19.5 Å². The Morgan fingerprint density at radius 3 is 2.06 bits per heavy atom. The molecule has 1 heterocycles. The highest BCUT2D eigenvalue weighted by Crippen LogP contribution is 2.50. The number of hydrogen-bond acceptors (Lipinski definition) is 7. The Hall–Kier alpha value is -3.68. The number of carbonyl (C=O) groups is 4. The Kier molecular flexibility index (Phi) is 4.80. The molecule has 0 saturated carbocycles. The minimum absolute atomic E-state index is 0.0295. The maximum Gasteiger partial charge on any atom is 0.321 e. The Labute approximate surface area is 178 Å². The van der Waals surface area contributed by atoms with Gasteiger partial charge in [0.25, 0.3) is 0 Å². The molecule has 1 amide bonds. The van der Waals surface area contributed by atoms with Gasteiger partial charge in [0.05, 0.1) is 37.6 Å². The average Bonchev–Trinajstić information content (AvgIpc) is 2.77. The molecule has 1 unspecified atom stereocenters. The summed E-state index contributed by atoms with van der Waals surface area (Å²) >= 11 is 0. The van der Waals surface area contributed by atoms with Gasteiger partial charge in [0, 0.05) is 23.1 Å². The highest BCUT2D eigenvalue weighted by molar-refractivity contribution is 6.31. The summed E-state index contributed by atoms with van der Waals surface area (Å²) in [6.07, 6.45) is -0.0804. The van der Waals surface area contributed by atoms with Crippen LogP contribution in [0.3, 0.4) is 0 Å². The highest BCUT2D eigenvalue weighted by atomic mass is 16.5. The molecule has 0 fully saturated rings.